The van der Waals surface area contributed by atoms with E-state index in [0.29, 0.717) is 15.8 Å². The summed E-state index contributed by atoms with van der Waals surface area (Å²) in [6.45, 7) is 0. The quantitative estimate of drug-likeness (QED) is 0.600. The topological polar surface area (TPSA) is 47.3 Å². The van der Waals surface area contributed by atoms with Gasteiger partial charge in [-0.15, -0.1) is 0 Å². The van der Waals surface area contributed by atoms with Crippen LogP contribution in [0.25, 0.3) is 0 Å². The average Bonchev–Trinajstić information content (AvgIpc) is 2.45. The van der Waals surface area contributed by atoms with Gasteiger partial charge in [-0.05, 0) is 34.1 Å². The molecule has 1 atom stereocenters. The molecule has 6 heteroatoms. The fourth-order valence-electron chi connectivity index (χ4n) is 2.01. The number of halogens is 3. The first kappa shape index (κ1) is 15.4. The summed E-state index contributed by atoms with van der Waals surface area (Å²) >= 11 is 6.56. The lowest BCUT2D eigenvalue weighted by atomic mass is 9.98. The predicted molar refractivity (Wildman–Crippen MR) is 84.0 cm³/mol. The Balaban J connectivity index is 2.55. The van der Waals surface area contributed by atoms with E-state index in [1.54, 1.807) is 25.3 Å². The Kier molecular flexibility index (Phi) is 5.15. The molecule has 3 nitrogen and oxygen atoms in total. The number of methoxy groups -OCH3 is 1. The highest BCUT2D eigenvalue weighted by Gasteiger charge is 2.21. The Morgan fingerprint density at radius 2 is 1.95 bits per heavy atom. The van der Waals surface area contributed by atoms with Gasteiger partial charge in [0.25, 0.3) is 0 Å². The molecule has 2 rings (SSSR count). The Labute approximate surface area is 133 Å². The lowest BCUT2D eigenvalue weighted by Crippen LogP contribution is -2.30. The van der Waals surface area contributed by atoms with Crippen molar-refractivity contribution in [1.29, 1.82) is 0 Å². The van der Waals surface area contributed by atoms with Gasteiger partial charge >= 0.3 is 0 Å². The molecule has 0 saturated carbocycles. The van der Waals surface area contributed by atoms with E-state index in [1.165, 1.54) is 0 Å². The minimum absolute atomic E-state index is 0.347. The number of hydrazine groups is 1. The molecule has 1 unspecified atom stereocenters. The number of nitrogens with two attached hydrogens (primary N) is 1. The van der Waals surface area contributed by atoms with Crippen LogP contribution in [-0.2, 0) is 0 Å². The second-order valence-corrected chi connectivity index (χ2v) is 5.90. The van der Waals surface area contributed by atoms with Crippen LogP contribution in [-0.4, -0.2) is 7.11 Å². The van der Waals surface area contributed by atoms with Gasteiger partial charge in [0.1, 0.15) is 11.6 Å². The molecule has 0 aliphatic carbocycles. The second kappa shape index (κ2) is 6.67. The van der Waals surface area contributed by atoms with Crippen LogP contribution < -0.4 is 16.0 Å². The Morgan fingerprint density at radius 1 is 1.20 bits per heavy atom. The molecule has 0 spiro atoms. The van der Waals surface area contributed by atoms with Gasteiger partial charge in [-0.2, -0.15) is 0 Å². The zero-order valence-electron chi connectivity index (χ0n) is 10.7. The van der Waals surface area contributed by atoms with Gasteiger partial charge in [-0.1, -0.05) is 34.1 Å². The Hall–Kier alpha value is -0.950. The number of nitrogens with one attached hydrogen (secondary N) is 1. The van der Waals surface area contributed by atoms with Crippen LogP contribution in [0.5, 0.6) is 5.75 Å². The molecular formula is C14H13Br2FN2O. The molecule has 0 aliphatic rings. The van der Waals surface area contributed by atoms with Crippen molar-refractivity contribution in [2.24, 2.45) is 5.84 Å². The van der Waals surface area contributed by atoms with E-state index in [4.69, 9.17) is 10.6 Å². The molecule has 0 aromatic heterocycles. The lowest BCUT2D eigenvalue weighted by molar-refractivity contribution is 0.403. The minimum Gasteiger partial charge on any atom is -0.496 e. The molecule has 0 bridgehead atoms. The van der Waals surface area contributed by atoms with Crippen LogP contribution >= 0.6 is 31.9 Å². The zero-order chi connectivity index (χ0) is 14.7. The maximum atomic E-state index is 14.2. The number of ether oxygens (including phenoxy) is 1. The van der Waals surface area contributed by atoms with E-state index in [1.807, 2.05) is 18.2 Å². The van der Waals surface area contributed by atoms with Gasteiger partial charge in [0.05, 0.1) is 17.6 Å². The van der Waals surface area contributed by atoms with Gasteiger partial charge in [-0.25, -0.2) is 9.82 Å². The van der Waals surface area contributed by atoms with Crippen molar-refractivity contribution >= 4 is 31.9 Å². The highest BCUT2D eigenvalue weighted by atomic mass is 79.9. The van der Waals surface area contributed by atoms with E-state index in [2.05, 4.69) is 37.3 Å². The molecule has 20 heavy (non-hydrogen) atoms. The van der Waals surface area contributed by atoms with Crippen molar-refractivity contribution in [3.8, 4) is 5.75 Å². The van der Waals surface area contributed by atoms with Crippen LogP contribution in [0.2, 0.25) is 0 Å². The van der Waals surface area contributed by atoms with Crippen molar-refractivity contribution in [2.45, 2.75) is 6.04 Å². The molecule has 106 valence electrons. The van der Waals surface area contributed by atoms with E-state index in [0.717, 1.165) is 10.0 Å². The predicted octanol–water partition coefficient (Wildman–Crippen LogP) is 3.91. The molecule has 0 aliphatic heterocycles. The van der Waals surface area contributed by atoms with E-state index >= 15 is 0 Å². The maximum Gasteiger partial charge on any atom is 0.142 e. The molecule has 2 aromatic rings. The number of benzene rings is 2. The number of hydrogen-bond acceptors (Lipinski definition) is 3. The summed E-state index contributed by atoms with van der Waals surface area (Å²) in [4.78, 5) is 0. The van der Waals surface area contributed by atoms with Crippen molar-refractivity contribution in [1.82, 2.24) is 5.43 Å². The van der Waals surface area contributed by atoms with Crippen molar-refractivity contribution in [2.75, 3.05) is 7.11 Å². The standard InChI is InChI=1S/C14H13Br2FN2O/c1-20-12-7-8(15)5-6-9(12)14(19-18)10-3-2-4-11(16)13(10)17/h2-7,14,19H,18H2,1H3. The molecule has 0 amide bonds. The Bertz CT molecular complexity index is 622. The number of hydrogen-bond donors (Lipinski definition) is 2. The monoisotopic (exact) mass is 402 g/mol. The number of rotatable bonds is 4. The highest BCUT2D eigenvalue weighted by Crippen LogP contribution is 2.34. The van der Waals surface area contributed by atoms with E-state index in [-0.39, 0.29) is 5.82 Å². The molecule has 0 saturated heterocycles. The fourth-order valence-corrected chi connectivity index (χ4v) is 2.74. The third-order valence-corrected chi connectivity index (χ3v) is 4.07. The largest absolute Gasteiger partial charge is 0.496 e. The first-order valence-corrected chi connectivity index (χ1v) is 7.40. The van der Waals surface area contributed by atoms with Crippen LogP contribution in [0.3, 0.4) is 0 Å². The van der Waals surface area contributed by atoms with Crippen LogP contribution in [0.4, 0.5) is 4.39 Å². The minimum atomic E-state index is -0.504. The smallest absolute Gasteiger partial charge is 0.142 e. The van der Waals surface area contributed by atoms with Gasteiger partial charge in [-0.3, -0.25) is 5.84 Å². The highest BCUT2D eigenvalue weighted by molar-refractivity contribution is 9.10. The third-order valence-electron chi connectivity index (χ3n) is 2.97. The Morgan fingerprint density at radius 3 is 2.60 bits per heavy atom. The molecule has 3 N–H and O–H groups in total. The maximum absolute atomic E-state index is 14.2. The van der Waals surface area contributed by atoms with Crippen LogP contribution in [0.15, 0.2) is 45.3 Å². The van der Waals surface area contributed by atoms with Crippen LogP contribution in [0.1, 0.15) is 17.2 Å². The summed E-state index contributed by atoms with van der Waals surface area (Å²) < 4.78 is 20.9. The molecule has 0 fully saturated rings. The lowest BCUT2D eigenvalue weighted by Gasteiger charge is -2.20. The SMILES string of the molecule is COc1cc(Br)ccc1C(NN)c1cccc(Br)c1F. The van der Waals surface area contributed by atoms with Gasteiger partial charge in [0, 0.05) is 15.6 Å². The van der Waals surface area contributed by atoms with Crippen molar-refractivity contribution in [3.05, 3.63) is 62.3 Å². The summed E-state index contributed by atoms with van der Waals surface area (Å²) in [6.07, 6.45) is 0. The average molecular weight is 404 g/mol. The van der Waals surface area contributed by atoms with E-state index < -0.39 is 6.04 Å². The molecular weight excluding hydrogens is 391 g/mol. The summed E-state index contributed by atoms with van der Waals surface area (Å²) in [5, 5.41) is 0. The molecule has 2 aromatic carbocycles. The van der Waals surface area contributed by atoms with Crippen molar-refractivity contribution in [3.63, 3.8) is 0 Å². The summed E-state index contributed by atoms with van der Waals surface area (Å²) in [6, 6.07) is 10.1. The van der Waals surface area contributed by atoms with E-state index in [9.17, 15) is 4.39 Å². The molecule has 0 radical (unpaired) electrons. The zero-order valence-corrected chi connectivity index (χ0v) is 13.8. The van der Waals surface area contributed by atoms with Crippen LogP contribution in [0, 0.1) is 5.82 Å². The summed E-state index contributed by atoms with van der Waals surface area (Å²) in [5.74, 6) is 5.90. The first-order chi connectivity index (χ1) is 9.58. The second-order valence-electron chi connectivity index (χ2n) is 4.13. The summed E-state index contributed by atoms with van der Waals surface area (Å²) in [7, 11) is 1.57. The third kappa shape index (κ3) is 3.03. The van der Waals surface area contributed by atoms with Gasteiger partial charge in [0.2, 0.25) is 0 Å². The summed E-state index contributed by atoms with van der Waals surface area (Å²) in [5.41, 5.74) is 3.85. The first-order valence-electron chi connectivity index (χ1n) is 5.82. The normalized spacial score (nSPS) is 12.2. The molecule has 0 heterocycles. The van der Waals surface area contributed by atoms with Gasteiger partial charge < -0.3 is 4.74 Å². The van der Waals surface area contributed by atoms with Gasteiger partial charge in [0.15, 0.2) is 0 Å². The fraction of sp³-hybridized carbons (Fsp3) is 0.143. The van der Waals surface area contributed by atoms with Crippen molar-refractivity contribution < 1.29 is 9.13 Å².